The molecule has 3 aromatic rings. The third-order valence-electron chi connectivity index (χ3n) is 3.28. The maximum Gasteiger partial charge on any atom is 0.387 e. The van der Waals surface area contributed by atoms with Crippen molar-refractivity contribution in [2.75, 3.05) is 5.32 Å². The summed E-state index contributed by atoms with van der Waals surface area (Å²) in [6.07, 6.45) is 3.32. The molecule has 0 saturated carbocycles. The van der Waals surface area contributed by atoms with Crippen LogP contribution in [0.1, 0.15) is 18.5 Å². The summed E-state index contributed by atoms with van der Waals surface area (Å²) >= 11 is 0. The van der Waals surface area contributed by atoms with Gasteiger partial charge in [0, 0.05) is 17.8 Å². The largest absolute Gasteiger partial charge is 0.434 e. The second kappa shape index (κ2) is 6.15. The van der Waals surface area contributed by atoms with Gasteiger partial charge in [-0.05, 0) is 31.2 Å². The van der Waals surface area contributed by atoms with Crippen LogP contribution in [0.3, 0.4) is 0 Å². The molecular formula is C15H13F3N4O. The Hall–Kier alpha value is -2.77. The molecule has 120 valence electrons. The van der Waals surface area contributed by atoms with E-state index >= 15 is 0 Å². The van der Waals surface area contributed by atoms with E-state index in [0.717, 1.165) is 12.1 Å². The average molecular weight is 322 g/mol. The number of nitrogens with one attached hydrogen (secondary N) is 1. The summed E-state index contributed by atoms with van der Waals surface area (Å²) in [4.78, 5) is 4.32. The number of benzene rings is 1. The van der Waals surface area contributed by atoms with E-state index in [-0.39, 0.29) is 11.3 Å². The van der Waals surface area contributed by atoms with Gasteiger partial charge in [0.05, 0.1) is 12.2 Å². The van der Waals surface area contributed by atoms with Gasteiger partial charge < -0.3 is 10.1 Å². The maximum absolute atomic E-state index is 13.5. The average Bonchev–Trinajstić information content (AvgIpc) is 2.96. The summed E-state index contributed by atoms with van der Waals surface area (Å²) in [5.74, 6) is -0.0981. The number of nitrogens with zero attached hydrogens (tertiary/aromatic N) is 3. The van der Waals surface area contributed by atoms with E-state index < -0.39 is 18.5 Å². The van der Waals surface area contributed by atoms with Crippen LogP contribution in [0.25, 0.3) is 5.65 Å². The third kappa shape index (κ3) is 3.36. The van der Waals surface area contributed by atoms with Crippen LogP contribution in [0.15, 0.2) is 42.7 Å². The lowest BCUT2D eigenvalue weighted by molar-refractivity contribution is -0.0505. The van der Waals surface area contributed by atoms with Crippen LogP contribution >= 0.6 is 0 Å². The molecule has 1 unspecified atom stereocenters. The SMILES string of the molecule is CC(Nc1ccn2nccc2n1)c1cc(F)ccc1OC(F)F. The standard InChI is InChI=1S/C15H13F3N4O/c1-9(11-8-10(16)2-3-12(11)23-15(17)18)20-13-5-7-22-14(21-13)4-6-19-22/h2-9,15H,1H3,(H,20,21). The van der Waals surface area contributed by atoms with Crippen molar-refractivity contribution in [2.24, 2.45) is 0 Å². The molecule has 0 radical (unpaired) electrons. The van der Waals surface area contributed by atoms with Gasteiger partial charge >= 0.3 is 6.61 Å². The number of fused-ring (bicyclic) bond motifs is 1. The zero-order valence-electron chi connectivity index (χ0n) is 12.1. The predicted molar refractivity (Wildman–Crippen MR) is 78.1 cm³/mol. The summed E-state index contributed by atoms with van der Waals surface area (Å²) in [6.45, 7) is -1.28. The molecule has 1 aromatic carbocycles. The number of alkyl halides is 2. The molecule has 0 aliphatic rings. The summed E-state index contributed by atoms with van der Waals surface area (Å²) in [6, 6.07) is 6.34. The molecule has 2 aromatic heterocycles. The molecule has 1 N–H and O–H groups in total. The van der Waals surface area contributed by atoms with Crippen LogP contribution in [0, 0.1) is 5.82 Å². The Morgan fingerprint density at radius 2 is 2.04 bits per heavy atom. The van der Waals surface area contributed by atoms with Crippen molar-refractivity contribution in [3.05, 3.63) is 54.1 Å². The number of halogens is 3. The molecule has 0 aliphatic carbocycles. The monoisotopic (exact) mass is 322 g/mol. The van der Waals surface area contributed by atoms with Crippen LogP contribution in [-0.2, 0) is 0 Å². The Bertz CT molecular complexity index is 821. The maximum atomic E-state index is 13.5. The zero-order valence-corrected chi connectivity index (χ0v) is 12.1. The van der Waals surface area contributed by atoms with Crippen molar-refractivity contribution in [3.63, 3.8) is 0 Å². The van der Waals surface area contributed by atoms with Gasteiger partial charge in [0.1, 0.15) is 17.4 Å². The fourth-order valence-electron chi connectivity index (χ4n) is 2.25. The second-order valence-electron chi connectivity index (χ2n) is 4.87. The van der Waals surface area contributed by atoms with Crippen molar-refractivity contribution in [1.82, 2.24) is 14.6 Å². The van der Waals surface area contributed by atoms with E-state index in [2.05, 4.69) is 20.1 Å². The van der Waals surface area contributed by atoms with Gasteiger partial charge in [0.25, 0.3) is 0 Å². The van der Waals surface area contributed by atoms with Crippen LogP contribution in [0.5, 0.6) is 5.75 Å². The number of anilines is 1. The lowest BCUT2D eigenvalue weighted by Gasteiger charge is -2.18. The van der Waals surface area contributed by atoms with Gasteiger partial charge in [-0.3, -0.25) is 0 Å². The molecule has 0 aliphatic heterocycles. The molecule has 0 saturated heterocycles. The van der Waals surface area contributed by atoms with Crippen molar-refractivity contribution in [3.8, 4) is 5.75 Å². The van der Waals surface area contributed by atoms with Crippen molar-refractivity contribution < 1.29 is 17.9 Å². The molecule has 2 heterocycles. The minimum atomic E-state index is -2.98. The number of hydrogen-bond acceptors (Lipinski definition) is 4. The predicted octanol–water partition coefficient (Wildman–Crippen LogP) is 3.64. The quantitative estimate of drug-likeness (QED) is 0.779. The Labute approximate surface area is 129 Å². The topological polar surface area (TPSA) is 51.5 Å². The van der Waals surface area contributed by atoms with Crippen molar-refractivity contribution >= 4 is 11.5 Å². The summed E-state index contributed by atoms with van der Waals surface area (Å²) < 4.78 is 44.4. The minimum Gasteiger partial charge on any atom is -0.434 e. The molecule has 5 nitrogen and oxygen atoms in total. The molecule has 23 heavy (non-hydrogen) atoms. The number of aromatic nitrogens is 3. The van der Waals surface area contributed by atoms with Gasteiger partial charge in [0.2, 0.25) is 0 Å². The van der Waals surface area contributed by atoms with Crippen LogP contribution in [0.2, 0.25) is 0 Å². The lowest BCUT2D eigenvalue weighted by atomic mass is 10.1. The second-order valence-corrected chi connectivity index (χ2v) is 4.87. The lowest BCUT2D eigenvalue weighted by Crippen LogP contribution is -2.12. The Morgan fingerprint density at radius 1 is 1.22 bits per heavy atom. The normalized spacial score (nSPS) is 12.6. The highest BCUT2D eigenvalue weighted by molar-refractivity contribution is 5.48. The molecule has 0 amide bonds. The van der Waals surface area contributed by atoms with Gasteiger partial charge in [0.15, 0.2) is 5.65 Å². The first-order valence-electron chi connectivity index (χ1n) is 6.84. The summed E-state index contributed by atoms with van der Waals surface area (Å²) in [5, 5.41) is 7.07. The number of hydrogen-bond donors (Lipinski definition) is 1. The molecule has 0 spiro atoms. The van der Waals surface area contributed by atoms with Crippen molar-refractivity contribution in [1.29, 1.82) is 0 Å². The van der Waals surface area contributed by atoms with Crippen LogP contribution in [-0.4, -0.2) is 21.2 Å². The highest BCUT2D eigenvalue weighted by atomic mass is 19.3. The molecule has 0 bridgehead atoms. The van der Waals surface area contributed by atoms with Gasteiger partial charge in [-0.15, -0.1) is 0 Å². The van der Waals surface area contributed by atoms with Crippen LogP contribution in [0.4, 0.5) is 19.0 Å². The highest BCUT2D eigenvalue weighted by Gasteiger charge is 2.16. The molecule has 8 heteroatoms. The molecular weight excluding hydrogens is 309 g/mol. The smallest absolute Gasteiger partial charge is 0.387 e. The summed E-state index contributed by atoms with van der Waals surface area (Å²) in [7, 11) is 0. The highest BCUT2D eigenvalue weighted by Crippen LogP contribution is 2.29. The fraction of sp³-hybridized carbons (Fsp3) is 0.200. The third-order valence-corrected chi connectivity index (χ3v) is 3.28. The molecule has 3 rings (SSSR count). The summed E-state index contributed by atoms with van der Waals surface area (Å²) in [5.41, 5.74) is 0.908. The van der Waals surface area contributed by atoms with E-state index in [9.17, 15) is 13.2 Å². The molecule has 1 atom stereocenters. The Morgan fingerprint density at radius 3 is 2.83 bits per heavy atom. The van der Waals surface area contributed by atoms with Gasteiger partial charge in [-0.25, -0.2) is 13.9 Å². The van der Waals surface area contributed by atoms with Gasteiger partial charge in [-0.1, -0.05) is 0 Å². The zero-order chi connectivity index (χ0) is 16.4. The number of ether oxygens (including phenoxy) is 1. The van der Waals surface area contributed by atoms with E-state index in [0.29, 0.717) is 11.5 Å². The minimum absolute atomic E-state index is 0.0770. The Balaban J connectivity index is 1.86. The van der Waals surface area contributed by atoms with Crippen LogP contribution < -0.4 is 10.1 Å². The van der Waals surface area contributed by atoms with E-state index in [1.54, 1.807) is 36.0 Å². The first-order valence-corrected chi connectivity index (χ1v) is 6.84. The van der Waals surface area contributed by atoms with Crippen molar-refractivity contribution in [2.45, 2.75) is 19.6 Å². The first-order chi connectivity index (χ1) is 11.0. The van der Waals surface area contributed by atoms with E-state index in [1.165, 1.54) is 6.07 Å². The first kappa shape index (κ1) is 15.1. The Kier molecular flexibility index (Phi) is 4.05. The van der Waals surface area contributed by atoms with E-state index in [1.807, 2.05) is 0 Å². The molecule has 0 fully saturated rings. The van der Waals surface area contributed by atoms with Gasteiger partial charge in [-0.2, -0.15) is 13.9 Å². The fourth-order valence-corrected chi connectivity index (χ4v) is 2.25. The number of rotatable bonds is 5. The van der Waals surface area contributed by atoms with E-state index in [4.69, 9.17) is 0 Å².